The minimum absolute atomic E-state index is 0.246. The SMILES string of the molecule is C=CCC(C)(CCCC)C(=O)N(CC)CC. The van der Waals surface area contributed by atoms with Crippen molar-refractivity contribution in [2.45, 2.75) is 53.4 Å². The molecule has 0 saturated heterocycles. The van der Waals surface area contributed by atoms with Gasteiger partial charge in [-0.1, -0.05) is 32.8 Å². The molecule has 1 unspecified atom stereocenters. The van der Waals surface area contributed by atoms with E-state index in [9.17, 15) is 4.79 Å². The molecule has 2 heteroatoms. The number of carbonyl (C=O) groups is 1. The van der Waals surface area contributed by atoms with Gasteiger partial charge in [0.05, 0.1) is 0 Å². The Hall–Kier alpha value is -0.790. The molecule has 1 atom stereocenters. The van der Waals surface area contributed by atoms with Crippen molar-refractivity contribution in [2.24, 2.45) is 5.41 Å². The Morgan fingerprint density at radius 3 is 2.25 bits per heavy atom. The molecule has 94 valence electrons. The van der Waals surface area contributed by atoms with Crippen molar-refractivity contribution in [2.75, 3.05) is 13.1 Å². The summed E-state index contributed by atoms with van der Waals surface area (Å²) in [5, 5.41) is 0. The van der Waals surface area contributed by atoms with Crippen LogP contribution in [0.15, 0.2) is 12.7 Å². The third-order valence-corrected chi connectivity index (χ3v) is 3.24. The highest BCUT2D eigenvalue weighted by Crippen LogP contribution is 2.31. The number of nitrogens with zero attached hydrogens (tertiary/aromatic N) is 1. The molecule has 0 rings (SSSR count). The lowest BCUT2D eigenvalue weighted by Crippen LogP contribution is -2.42. The van der Waals surface area contributed by atoms with Crippen molar-refractivity contribution in [3.05, 3.63) is 12.7 Å². The van der Waals surface area contributed by atoms with Crippen molar-refractivity contribution in [3.63, 3.8) is 0 Å². The summed E-state index contributed by atoms with van der Waals surface area (Å²) in [6.45, 7) is 13.7. The van der Waals surface area contributed by atoms with Gasteiger partial charge in [0.15, 0.2) is 0 Å². The Morgan fingerprint density at radius 2 is 1.88 bits per heavy atom. The van der Waals surface area contributed by atoms with Crippen LogP contribution in [0.4, 0.5) is 0 Å². The number of allylic oxidation sites excluding steroid dienone is 1. The van der Waals surface area contributed by atoms with E-state index in [1.54, 1.807) is 0 Å². The topological polar surface area (TPSA) is 20.3 Å². The maximum Gasteiger partial charge on any atom is 0.228 e. The highest BCUT2D eigenvalue weighted by molar-refractivity contribution is 5.82. The zero-order valence-corrected chi connectivity index (χ0v) is 11.4. The van der Waals surface area contributed by atoms with Crippen LogP contribution in [0.5, 0.6) is 0 Å². The summed E-state index contributed by atoms with van der Waals surface area (Å²) in [5.41, 5.74) is -0.246. The second-order valence-electron chi connectivity index (χ2n) is 4.63. The van der Waals surface area contributed by atoms with E-state index in [1.807, 2.05) is 24.8 Å². The summed E-state index contributed by atoms with van der Waals surface area (Å²) in [6, 6.07) is 0. The van der Waals surface area contributed by atoms with Crippen LogP contribution < -0.4 is 0 Å². The van der Waals surface area contributed by atoms with E-state index in [0.29, 0.717) is 0 Å². The third-order valence-electron chi connectivity index (χ3n) is 3.24. The van der Waals surface area contributed by atoms with Gasteiger partial charge in [-0.05, 0) is 26.7 Å². The highest BCUT2D eigenvalue weighted by Gasteiger charge is 2.33. The largest absolute Gasteiger partial charge is 0.343 e. The lowest BCUT2D eigenvalue weighted by molar-refractivity contribution is -0.141. The summed E-state index contributed by atoms with van der Waals surface area (Å²) >= 11 is 0. The Labute approximate surface area is 101 Å². The van der Waals surface area contributed by atoms with E-state index in [4.69, 9.17) is 0 Å². The van der Waals surface area contributed by atoms with Crippen LogP contribution in [0, 0.1) is 5.41 Å². The van der Waals surface area contributed by atoms with Crippen LogP contribution in [0.1, 0.15) is 53.4 Å². The van der Waals surface area contributed by atoms with Gasteiger partial charge >= 0.3 is 0 Å². The van der Waals surface area contributed by atoms with E-state index < -0.39 is 0 Å². The molecule has 0 aromatic heterocycles. The highest BCUT2D eigenvalue weighted by atomic mass is 16.2. The van der Waals surface area contributed by atoms with Crippen LogP contribution in [0.25, 0.3) is 0 Å². The first-order valence-electron chi connectivity index (χ1n) is 6.46. The first-order chi connectivity index (χ1) is 7.55. The molecule has 0 aliphatic heterocycles. The molecule has 0 N–H and O–H groups in total. The van der Waals surface area contributed by atoms with E-state index in [1.165, 1.54) is 0 Å². The molecule has 1 amide bonds. The molecule has 16 heavy (non-hydrogen) atoms. The summed E-state index contributed by atoms with van der Waals surface area (Å²) in [6.07, 6.45) is 5.86. The molecule has 0 aliphatic rings. The fourth-order valence-corrected chi connectivity index (χ4v) is 2.07. The van der Waals surface area contributed by atoms with Crippen LogP contribution in [0.3, 0.4) is 0 Å². The lowest BCUT2D eigenvalue weighted by Gasteiger charge is -2.33. The zero-order chi connectivity index (χ0) is 12.6. The smallest absolute Gasteiger partial charge is 0.228 e. The summed E-state index contributed by atoms with van der Waals surface area (Å²) < 4.78 is 0. The van der Waals surface area contributed by atoms with Gasteiger partial charge in [-0.15, -0.1) is 6.58 Å². The molecular formula is C14H27NO. The molecule has 0 aliphatic carbocycles. The van der Waals surface area contributed by atoms with Crippen molar-refractivity contribution in [1.29, 1.82) is 0 Å². The molecule has 0 aromatic carbocycles. The normalized spacial score (nSPS) is 14.2. The van der Waals surface area contributed by atoms with Crippen molar-refractivity contribution >= 4 is 5.91 Å². The molecule has 0 heterocycles. The maximum atomic E-state index is 12.4. The van der Waals surface area contributed by atoms with Crippen molar-refractivity contribution < 1.29 is 4.79 Å². The lowest BCUT2D eigenvalue weighted by atomic mass is 9.80. The molecular weight excluding hydrogens is 198 g/mol. The van der Waals surface area contributed by atoms with Crippen LogP contribution in [-0.4, -0.2) is 23.9 Å². The van der Waals surface area contributed by atoms with E-state index >= 15 is 0 Å². The number of rotatable bonds is 8. The molecule has 0 bridgehead atoms. The Bertz CT molecular complexity index is 221. The average Bonchev–Trinajstić information content (AvgIpc) is 2.28. The maximum absolute atomic E-state index is 12.4. The van der Waals surface area contributed by atoms with Gasteiger partial charge in [-0.3, -0.25) is 4.79 Å². The van der Waals surface area contributed by atoms with E-state index in [2.05, 4.69) is 20.4 Å². The molecule has 0 fully saturated rings. The standard InChI is InChI=1S/C14H27NO/c1-6-10-12-14(5,11-7-2)13(16)15(8-3)9-4/h7H,2,6,8-12H2,1,3-5H3. The predicted octanol–water partition coefficient (Wildman–Crippen LogP) is 3.63. The third kappa shape index (κ3) is 3.99. The number of hydrogen-bond donors (Lipinski definition) is 0. The summed E-state index contributed by atoms with van der Waals surface area (Å²) in [4.78, 5) is 14.3. The van der Waals surface area contributed by atoms with Gasteiger partial charge < -0.3 is 4.90 Å². The second kappa shape index (κ2) is 7.48. The minimum Gasteiger partial charge on any atom is -0.343 e. The van der Waals surface area contributed by atoms with Crippen LogP contribution >= 0.6 is 0 Å². The fraction of sp³-hybridized carbons (Fsp3) is 0.786. The van der Waals surface area contributed by atoms with E-state index in [-0.39, 0.29) is 11.3 Å². The van der Waals surface area contributed by atoms with Gasteiger partial charge in [0, 0.05) is 18.5 Å². The Morgan fingerprint density at radius 1 is 1.31 bits per heavy atom. The molecule has 0 aromatic rings. The van der Waals surface area contributed by atoms with Gasteiger partial charge in [-0.25, -0.2) is 0 Å². The first-order valence-corrected chi connectivity index (χ1v) is 6.46. The molecule has 2 nitrogen and oxygen atoms in total. The molecule has 0 saturated carbocycles. The quantitative estimate of drug-likeness (QED) is 0.578. The Balaban J connectivity index is 4.72. The van der Waals surface area contributed by atoms with Gasteiger partial charge in [0.1, 0.15) is 0 Å². The number of amides is 1. The van der Waals surface area contributed by atoms with E-state index in [0.717, 1.165) is 38.8 Å². The second-order valence-corrected chi connectivity index (χ2v) is 4.63. The molecule has 0 spiro atoms. The fourth-order valence-electron chi connectivity index (χ4n) is 2.07. The van der Waals surface area contributed by atoms with Gasteiger partial charge in [-0.2, -0.15) is 0 Å². The number of unbranched alkanes of at least 4 members (excludes halogenated alkanes) is 1. The predicted molar refractivity (Wildman–Crippen MR) is 70.4 cm³/mol. The number of carbonyl (C=O) groups excluding carboxylic acids is 1. The van der Waals surface area contributed by atoms with Gasteiger partial charge in [0.25, 0.3) is 0 Å². The van der Waals surface area contributed by atoms with Crippen LogP contribution in [0.2, 0.25) is 0 Å². The summed E-state index contributed by atoms with van der Waals surface area (Å²) in [5.74, 6) is 0.283. The first kappa shape index (κ1) is 15.2. The molecule has 0 radical (unpaired) electrons. The van der Waals surface area contributed by atoms with Crippen LogP contribution in [-0.2, 0) is 4.79 Å². The Kier molecular flexibility index (Phi) is 7.11. The summed E-state index contributed by atoms with van der Waals surface area (Å²) in [7, 11) is 0. The van der Waals surface area contributed by atoms with Crippen molar-refractivity contribution in [1.82, 2.24) is 4.90 Å². The average molecular weight is 225 g/mol. The minimum atomic E-state index is -0.246. The number of hydrogen-bond acceptors (Lipinski definition) is 1. The van der Waals surface area contributed by atoms with Gasteiger partial charge in [0.2, 0.25) is 5.91 Å². The van der Waals surface area contributed by atoms with Crippen molar-refractivity contribution in [3.8, 4) is 0 Å². The zero-order valence-electron chi connectivity index (χ0n) is 11.4. The monoisotopic (exact) mass is 225 g/mol.